The van der Waals surface area contributed by atoms with Gasteiger partial charge in [-0.25, -0.2) is 0 Å². The second-order valence-corrected chi connectivity index (χ2v) is 5.53. The Morgan fingerprint density at radius 3 is 2.50 bits per heavy atom. The maximum atomic E-state index is 8.80. The molecule has 18 heavy (non-hydrogen) atoms. The number of nitrogens with one attached hydrogen (secondary N) is 1. The maximum Gasteiger partial charge on any atom is 0.0628 e. The van der Waals surface area contributed by atoms with E-state index < -0.39 is 0 Å². The molecule has 96 valence electrons. The molecule has 1 unspecified atom stereocenters. The molecule has 2 heteroatoms. The Morgan fingerprint density at radius 2 is 2.00 bits per heavy atom. The molecule has 0 radical (unpaired) electrons. The van der Waals surface area contributed by atoms with Gasteiger partial charge in [-0.1, -0.05) is 31.2 Å². The van der Waals surface area contributed by atoms with Crippen molar-refractivity contribution in [3.63, 3.8) is 0 Å². The van der Waals surface area contributed by atoms with E-state index in [-0.39, 0.29) is 5.41 Å². The van der Waals surface area contributed by atoms with E-state index in [0.29, 0.717) is 12.5 Å². The van der Waals surface area contributed by atoms with Gasteiger partial charge in [0.1, 0.15) is 0 Å². The van der Waals surface area contributed by atoms with Gasteiger partial charge in [-0.3, -0.25) is 0 Å². The minimum Gasteiger partial charge on any atom is -0.310 e. The summed E-state index contributed by atoms with van der Waals surface area (Å²) in [4.78, 5) is 0. The van der Waals surface area contributed by atoms with Gasteiger partial charge in [0.25, 0.3) is 0 Å². The SMILES string of the molecule is CCc1ccc(C(C)NCC2(CC#N)CC2)cc1. The molecule has 1 aliphatic rings. The zero-order valence-corrected chi connectivity index (χ0v) is 11.4. The highest BCUT2D eigenvalue weighted by molar-refractivity contribution is 5.24. The minimum atomic E-state index is 0.284. The van der Waals surface area contributed by atoms with Crippen LogP contribution in [0.15, 0.2) is 24.3 Å². The molecule has 2 rings (SSSR count). The van der Waals surface area contributed by atoms with Crippen LogP contribution in [-0.4, -0.2) is 6.54 Å². The Balaban J connectivity index is 1.87. The van der Waals surface area contributed by atoms with Crippen LogP contribution in [0.3, 0.4) is 0 Å². The second kappa shape index (κ2) is 5.54. The zero-order valence-electron chi connectivity index (χ0n) is 11.4. The van der Waals surface area contributed by atoms with Crippen LogP contribution in [0.25, 0.3) is 0 Å². The van der Waals surface area contributed by atoms with E-state index >= 15 is 0 Å². The van der Waals surface area contributed by atoms with Gasteiger partial charge in [0.15, 0.2) is 0 Å². The second-order valence-electron chi connectivity index (χ2n) is 5.53. The standard InChI is InChI=1S/C16H22N2/c1-3-14-4-6-15(7-5-14)13(2)18-12-16(8-9-16)10-11-17/h4-7,13,18H,3,8-10,12H2,1-2H3. The molecule has 1 aliphatic carbocycles. The third kappa shape index (κ3) is 3.11. The molecule has 0 spiro atoms. The van der Waals surface area contributed by atoms with Gasteiger partial charge in [0.05, 0.1) is 6.07 Å². The highest BCUT2D eigenvalue weighted by Gasteiger charge is 2.42. The molecule has 1 aromatic carbocycles. The lowest BCUT2D eigenvalue weighted by Crippen LogP contribution is -2.26. The van der Waals surface area contributed by atoms with E-state index in [9.17, 15) is 0 Å². The number of nitrogens with zero attached hydrogens (tertiary/aromatic N) is 1. The van der Waals surface area contributed by atoms with E-state index in [0.717, 1.165) is 13.0 Å². The summed E-state index contributed by atoms with van der Waals surface area (Å²) in [6.07, 6.45) is 4.19. The summed E-state index contributed by atoms with van der Waals surface area (Å²) in [6, 6.07) is 11.5. The third-order valence-electron chi connectivity index (χ3n) is 4.08. The predicted molar refractivity (Wildman–Crippen MR) is 74.1 cm³/mol. The number of rotatable bonds is 6. The lowest BCUT2D eigenvalue weighted by Gasteiger charge is -2.18. The first kappa shape index (κ1) is 13.1. The summed E-state index contributed by atoms with van der Waals surface area (Å²) in [5.41, 5.74) is 3.00. The van der Waals surface area contributed by atoms with Crippen molar-refractivity contribution in [2.45, 2.75) is 45.6 Å². The zero-order chi connectivity index (χ0) is 13.0. The van der Waals surface area contributed by atoms with Crippen LogP contribution in [0.1, 0.15) is 50.3 Å². The van der Waals surface area contributed by atoms with Gasteiger partial charge in [-0.15, -0.1) is 0 Å². The van der Waals surface area contributed by atoms with Crippen molar-refractivity contribution in [2.24, 2.45) is 5.41 Å². The first-order chi connectivity index (χ1) is 8.69. The summed E-state index contributed by atoms with van der Waals surface area (Å²) >= 11 is 0. The number of nitriles is 1. The van der Waals surface area contributed by atoms with Gasteiger partial charge >= 0.3 is 0 Å². The molecule has 1 aromatic rings. The Hall–Kier alpha value is -1.33. The Kier molecular flexibility index (Phi) is 4.04. The van der Waals surface area contributed by atoms with Crippen molar-refractivity contribution in [3.05, 3.63) is 35.4 Å². The van der Waals surface area contributed by atoms with E-state index in [1.807, 2.05) is 0 Å². The quantitative estimate of drug-likeness (QED) is 0.827. The molecule has 1 atom stereocenters. The Labute approximate surface area is 110 Å². The van der Waals surface area contributed by atoms with Crippen LogP contribution >= 0.6 is 0 Å². The average molecular weight is 242 g/mol. The molecule has 1 saturated carbocycles. The topological polar surface area (TPSA) is 35.8 Å². The highest BCUT2D eigenvalue weighted by atomic mass is 14.9. The fraction of sp³-hybridized carbons (Fsp3) is 0.562. The van der Waals surface area contributed by atoms with E-state index in [1.54, 1.807) is 0 Å². The van der Waals surface area contributed by atoms with Crippen molar-refractivity contribution in [2.75, 3.05) is 6.54 Å². The van der Waals surface area contributed by atoms with Crippen molar-refractivity contribution in [3.8, 4) is 6.07 Å². The number of benzene rings is 1. The molecule has 1 fully saturated rings. The molecule has 0 saturated heterocycles. The van der Waals surface area contributed by atoms with Crippen LogP contribution in [0.2, 0.25) is 0 Å². The molecule has 0 aliphatic heterocycles. The largest absolute Gasteiger partial charge is 0.310 e. The van der Waals surface area contributed by atoms with Crippen molar-refractivity contribution >= 4 is 0 Å². The average Bonchev–Trinajstić information content (AvgIpc) is 3.17. The normalized spacial score (nSPS) is 18.1. The summed E-state index contributed by atoms with van der Waals surface area (Å²) in [5.74, 6) is 0. The lowest BCUT2D eigenvalue weighted by atomic mass is 10.0. The highest BCUT2D eigenvalue weighted by Crippen LogP contribution is 2.48. The monoisotopic (exact) mass is 242 g/mol. The maximum absolute atomic E-state index is 8.80. The lowest BCUT2D eigenvalue weighted by molar-refractivity contribution is 0.433. The minimum absolute atomic E-state index is 0.284. The van der Waals surface area contributed by atoms with Gasteiger partial charge in [0.2, 0.25) is 0 Å². The molecule has 1 N–H and O–H groups in total. The summed E-state index contributed by atoms with van der Waals surface area (Å²) in [6.45, 7) is 5.34. The first-order valence-electron chi connectivity index (χ1n) is 6.88. The van der Waals surface area contributed by atoms with Gasteiger partial charge in [-0.2, -0.15) is 5.26 Å². The summed E-state index contributed by atoms with van der Waals surface area (Å²) in [7, 11) is 0. The van der Waals surface area contributed by atoms with Crippen LogP contribution in [-0.2, 0) is 6.42 Å². The molecule has 0 amide bonds. The predicted octanol–water partition coefficient (Wildman–Crippen LogP) is 3.59. The van der Waals surface area contributed by atoms with Crippen molar-refractivity contribution in [1.29, 1.82) is 5.26 Å². The first-order valence-corrected chi connectivity index (χ1v) is 6.88. The molecule has 0 aromatic heterocycles. The van der Waals surface area contributed by atoms with Gasteiger partial charge < -0.3 is 5.32 Å². The Morgan fingerprint density at radius 1 is 1.33 bits per heavy atom. The molecular formula is C16H22N2. The van der Waals surface area contributed by atoms with Crippen molar-refractivity contribution < 1.29 is 0 Å². The summed E-state index contributed by atoms with van der Waals surface area (Å²) in [5, 5.41) is 12.4. The van der Waals surface area contributed by atoms with Gasteiger partial charge in [0, 0.05) is 19.0 Å². The van der Waals surface area contributed by atoms with E-state index in [4.69, 9.17) is 5.26 Å². The fourth-order valence-corrected chi connectivity index (χ4v) is 2.29. The van der Waals surface area contributed by atoms with Crippen LogP contribution in [0.5, 0.6) is 0 Å². The molecule has 0 bridgehead atoms. The smallest absolute Gasteiger partial charge is 0.0628 e. The molecule has 0 heterocycles. The molecule has 2 nitrogen and oxygen atoms in total. The number of aryl methyl sites for hydroxylation is 1. The van der Waals surface area contributed by atoms with E-state index in [2.05, 4.69) is 49.5 Å². The van der Waals surface area contributed by atoms with Crippen LogP contribution in [0.4, 0.5) is 0 Å². The number of hydrogen-bond acceptors (Lipinski definition) is 2. The molecular weight excluding hydrogens is 220 g/mol. The van der Waals surface area contributed by atoms with Gasteiger partial charge in [-0.05, 0) is 42.7 Å². The third-order valence-corrected chi connectivity index (χ3v) is 4.08. The summed E-state index contributed by atoms with van der Waals surface area (Å²) < 4.78 is 0. The number of hydrogen-bond donors (Lipinski definition) is 1. The van der Waals surface area contributed by atoms with Crippen LogP contribution < -0.4 is 5.32 Å². The fourth-order valence-electron chi connectivity index (χ4n) is 2.29. The van der Waals surface area contributed by atoms with E-state index in [1.165, 1.54) is 24.0 Å². The van der Waals surface area contributed by atoms with Crippen LogP contribution in [0, 0.1) is 16.7 Å². The Bertz CT molecular complexity index is 423. The van der Waals surface area contributed by atoms with Crippen molar-refractivity contribution in [1.82, 2.24) is 5.32 Å².